The number of aldehydes is 1. The second-order valence-electron chi connectivity index (χ2n) is 5.22. The van der Waals surface area contributed by atoms with Crippen LogP contribution >= 0.6 is 35.6 Å². The second kappa shape index (κ2) is 7.82. The summed E-state index contributed by atoms with van der Waals surface area (Å²) < 4.78 is 0.214. The van der Waals surface area contributed by atoms with Crippen molar-refractivity contribution in [2.24, 2.45) is 0 Å². The van der Waals surface area contributed by atoms with Crippen LogP contribution in [-0.2, 0) is 4.79 Å². The molecule has 8 heteroatoms. The van der Waals surface area contributed by atoms with Gasteiger partial charge in [-0.1, -0.05) is 59.8 Å². The third-order valence-corrected chi connectivity index (χ3v) is 5.13. The molecule has 1 heterocycles. The van der Waals surface area contributed by atoms with Gasteiger partial charge < -0.3 is 0 Å². The van der Waals surface area contributed by atoms with E-state index in [4.69, 9.17) is 23.8 Å². The minimum Gasteiger partial charge on any atom is -0.298 e. The van der Waals surface area contributed by atoms with Crippen LogP contribution in [0.2, 0.25) is 5.02 Å². The van der Waals surface area contributed by atoms with E-state index in [0.717, 1.165) is 28.6 Å². The Balaban J connectivity index is 1.78. The third kappa shape index (κ3) is 3.85. The van der Waals surface area contributed by atoms with Crippen LogP contribution in [0.25, 0.3) is 6.08 Å². The minimum absolute atomic E-state index is 0.214. The van der Waals surface area contributed by atoms with E-state index in [2.05, 4.69) is 5.43 Å². The lowest BCUT2D eigenvalue weighted by atomic mass is 10.1. The van der Waals surface area contributed by atoms with E-state index in [0.29, 0.717) is 10.5 Å². The lowest BCUT2D eigenvalue weighted by Crippen LogP contribution is -2.44. The van der Waals surface area contributed by atoms with Gasteiger partial charge in [0.05, 0.1) is 15.5 Å². The van der Waals surface area contributed by atoms with Crippen molar-refractivity contribution in [3.63, 3.8) is 0 Å². The zero-order chi connectivity index (χ0) is 18.7. The van der Waals surface area contributed by atoms with Crippen LogP contribution in [0, 0.1) is 0 Å². The van der Waals surface area contributed by atoms with E-state index in [1.54, 1.807) is 54.6 Å². The number of amides is 2. The molecular formula is C18H11ClN2O3S2. The van der Waals surface area contributed by atoms with Crippen LogP contribution in [0.3, 0.4) is 0 Å². The van der Waals surface area contributed by atoms with E-state index >= 15 is 0 Å². The number of hydrazine groups is 1. The van der Waals surface area contributed by atoms with Crippen molar-refractivity contribution in [2.75, 3.05) is 0 Å². The van der Waals surface area contributed by atoms with E-state index < -0.39 is 11.8 Å². The fourth-order valence-corrected chi connectivity index (χ4v) is 3.59. The Kier molecular flexibility index (Phi) is 5.51. The quantitative estimate of drug-likeness (QED) is 0.480. The molecule has 0 aromatic heterocycles. The highest BCUT2D eigenvalue weighted by atomic mass is 35.5. The fourth-order valence-electron chi connectivity index (χ4n) is 2.19. The largest absolute Gasteiger partial charge is 0.298 e. The van der Waals surface area contributed by atoms with E-state index in [9.17, 15) is 14.4 Å². The predicted octanol–water partition coefficient (Wildman–Crippen LogP) is 3.70. The first-order chi connectivity index (χ1) is 12.5. The number of halogens is 1. The molecule has 1 aliphatic heterocycles. The van der Waals surface area contributed by atoms with Crippen LogP contribution in [0.5, 0.6) is 0 Å². The summed E-state index contributed by atoms with van der Waals surface area (Å²) in [6, 6.07) is 13.3. The summed E-state index contributed by atoms with van der Waals surface area (Å²) in [6.07, 6.45) is 2.39. The average Bonchev–Trinajstić information content (AvgIpc) is 2.90. The first-order valence-corrected chi connectivity index (χ1v) is 8.98. The van der Waals surface area contributed by atoms with Crippen LogP contribution in [0.15, 0.2) is 53.4 Å². The minimum atomic E-state index is -0.525. The van der Waals surface area contributed by atoms with Crippen molar-refractivity contribution >= 4 is 64.1 Å². The topological polar surface area (TPSA) is 66.5 Å². The van der Waals surface area contributed by atoms with Crippen molar-refractivity contribution < 1.29 is 14.4 Å². The van der Waals surface area contributed by atoms with E-state index in [-0.39, 0.29) is 14.9 Å². The number of nitrogens with one attached hydrogen (secondary N) is 1. The summed E-state index contributed by atoms with van der Waals surface area (Å²) in [5.41, 5.74) is 4.01. The van der Waals surface area contributed by atoms with Gasteiger partial charge in [-0.25, -0.2) is 0 Å². The maximum Gasteiger partial charge on any atom is 0.285 e. The number of hydrogen-bond donors (Lipinski definition) is 1. The maximum absolute atomic E-state index is 12.5. The highest BCUT2D eigenvalue weighted by molar-refractivity contribution is 8.26. The molecule has 1 aliphatic rings. The lowest BCUT2D eigenvalue weighted by molar-refractivity contribution is -0.123. The molecule has 3 rings (SSSR count). The molecule has 2 aromatic rings. The second-order valence-corrected chi connectivity index (χ2v) is 7.31. The molecule has 0 spiro atoms. The number of carbonyl (C=O) groups is 3. The number of hydrogen-bond acceptors (Lipinski definition) is 5. The average molecular weight is 403 g/mol. The van der Waals surface area contributed by atoms with Crippen molar-refractivity contribution in [3.05, 3.63) is 75.1 Å². The van der Waals surface area contributed by atoms with Gasteiger partial charge >= 0.3 is 0 Å². The van der Waals surface area contributed by atoms with Gasteiger partial charge in [0.1, 0.15) is 6.29 Å². The first kappa shape index (κ1) is 18.3. The van der Waals surface area contributed by atoms with E-state index in [1.165, 1.54) is 0 Å². The molecule has 1 N–H and O–H groups in total. The van der Waals surface area contributed by atoms with E-state index in [1.807, 2.05) is 0 Å². The van der Waals surface area contributed by atoms with Crippen molar-refractivity contribution in [1.82, 2.24) is 10.4 Å². The van der Waals surface area contributed by atoms with Gasteiger partial charge in [-0.3, -0.25) is 19.8 Å². The maximum atomic E-state index is 12.5. The van der Waals surface area contributed by atoms with Crippen LogP contribution in [-0.4, -0.2) is 27.4 Å². The monoisotopic (exact) mass is 402 g/mol. The molecule has 0 unspecified atom stereocenters. The zero-order valence-electron chi connectivity index (χ0n) is 13.1. The number of thioether (sulfide) groups is 1. The molecule has 0 aliphatic carbocycles. The molecule has 1 saturated heterocycles. The Labute approximate surface area is 164 Å². The molecular weight excluding hydrogens is 392 g/mol. The normalized spacial score (nSPS) is 15.4. The fraction of sp³-hybridized carbons (Fsp3) is 0. The molecule has 130 valence electrons. The van der Waals surface area contributed by atoms with Gasteiger partial charge in [0.15, 0.2) is 4.32 Å². The molecule has 0 bridgehead atoms. The number of nitrogens with zero attached hydrogens (tertiary/aromatic N) is 1. The molecule has 2 aromatic carbocycles. The number of thiocarbonyl (C=S) groups is 1. The summed E-state index contributed by atoms with van der Waals surface area (Å²) in [4.78, 5) is 35.9. The standard InChI is InChI=1S/C18H11ClN2O3S2/c19-14-4-2-1-3-13(14)16(23)20-21-17(24)15(26-18(21)25)9-11-5-7-12(10-22)8-6-11/h1-10H,(H,20,23). The Morgan fingerprint density at radius 2 is 1.77 bits per heavy atom. The van der Waals surface area contributed by atoms with Gasteiger partial charge in [-0.2, -0.15) is 5.01 Å². The highest BCUT2D eigenvalue weighted by Gasteiger charge is 2.34. The molecule has 1 fully saturated rings. The predicted molar refractivity (Wildman–Crippen MR) is 106 cm³/mol. The molecule has 0 radical (unpaired) electrons. The Morgan fingerprint density at radius 3 is 2.42 bits per heavy atom. The Hall–Kier alpha value is -2.48. The summed E-state index contributed by atoms with van der Waals surface area (Å²) in [5, 5.41) is 1.30. The van der Waals surface area contributed by atoms with Crippen molar-refractivity contribution in [2.45, 2.75) is 0 Å². The van der Waals surface area contributed by atoms with Gasteiger partial charge in [-0.05, 0) is 36.0 Å². The highest BCUT2D eigenvalue weighted by Crippen LogP contribution is 2.31. The number of benzene rings is 2. The van der Waals surface area contributed by atoms with Gasteiger partial charge in [0.2, 0.25) is 0 Å². The Morgan fingerprint density at radius 1 is 1.12 bits per heavy atom. The SMILES string of the molecule is O=Cc1ccc(C=C2SC(=S)N(NC(=O)c3ccccc3Cl)C2=O)cc1. The number of rotatable bonds is 4. The van der Waals surface area contributed by atoms with Gasteiger partial charge in [0.25, 0.3) is 11.8 Å². The molecule has 0 saturated carbocycles. The van der Waals surface area contributed by atoms with Crippen molar-refractivity contribution in [1.29, 1.82) is 0 Å². The summed E-state index contributed by atoms with van der Waals surface area (Å²) in [5.74, 6) is -0.955. The van der Waals surface area contributed by atoms with Gasteiger partial charge in [0, 0.05) is 5.56 Å². The van der Waals surface area contributed by atoms with Crippen molar-refractivity contribution in [3.8, 4) is 0 Å². The zero-order valence-corrected chi connectivity index (χ0v) is 15.5. The van der Waals surface area contributed by atoms with Crippen LogP contribution < -0.4 is 5.43 Å². The van der Waals surface area contributed by atoms with Crippen LogP contribution in [0.4, 0.5) is 0 Å². The smallest absolute Gasteiger partial charge is 0.285 e. The number of carbonyl (C=O) groups excluding carboxylic acids is 3. The molecule has 2 amide bonds. The third-order valence-electron chi connectivity index (χ3n) is 3.50. The summed E-state index contributed by atoms with van der Waals surface area (Å²) in [6.45, 7) is 0. The lowest BCUT2D eigenvalue weighted by Gasteiger charge is -2.16. The summed E-state index contributed by atoms with van der Waals surface area (Å²) >= 11 is 12.3. The van der Waals surface area contributed by atoms with Gasteiger partial charge in [-0.15, -0.1) is 0 Å². The first-order valence-electron chi connectivity index (χ1n) is 7.38. The molecule has 0 atom stereocenters. The molecule has 5 nitrogen and oxygen atoms in total. The summed E-state index contributed by atoms with van der Waals surface area (Å²) in [7, 11) is 0. The molecule has 26 heavy (non-hydrogen) atoms. The van der Waals surface area contributed by atoms with Crippen LogP contribution in [0.1, 0.15) is 26.3 Å². The Bertz CT molecular complexity index is 942.